The van der Waals surface area contributed by atoms with Crippen LogP contribution in [0.4, 0.5) is 13.2 Å². The van der Waals surface area contributed by atoms with Gasteiger partial charge in [0.1, 0.15) is 0 Å². The van der Waals surface area contributed by atoms with Gasteiger partial charge in [-0.25, -0.2) is 0 Å². The molecule has 0 fully saturated rings. The number of hydrogen-bond donors (Lipinski definition) is 2. The molecule has 1 aromatic rings. The normalized spacial score (nSPS) is 13.2. The predicted octanol–water partition coefficient (Wildman–Crippen LogP) is 2.30. The van der Waals surface area contributed by atoms with Crippen molar-refractivity contribution in [2.24, 2.45) is 0 Å². The van der Waals surface area contributed by atoms with Gasteiger partial charge in [-0.05, 0) is 30.7 Å². The number of carbonyl (C=O) groups excluding carboxylic acids is 1. The number of carbonyl (C=O) groups is 1. The molecule has 3 nitrogen and oxygen atoms in total. The Labute approximate surface area is 107 Å². The van der Waals surface area contributed by atoms with Crippen LogP contribution in [0.3, 0.4) is 0 Å². The number of halogens is 4. The summed E-state index contributed by atoms with van der Waals surface area (Å²) in [5, 5.41) is 11.0. The molecule has 0 heterocycles. The summed E-state index contributed by atoms with van der Waals surface area (Å²) in [6.45, 7) is 0.807. The van der Waals surface area contributed by atoms with Gasteiger partial charge in [0.05, 0.1) is 6.54 Å². The quantitative estimate of drug-likeness (QED) is 0.893. The highest BCUT2D eigenvalue weighted by Crippen LogP contribution is 2.19. The van der Waals surface area contributed by atoms with Crippen LogP contribution in [0.15, 0.2) is 18.2 Å². The first kappa shape index (κ1) is 14.8. The molecule has 0 radical (unpaired) electrons. The van der Waals surface area contributed by atoms with Gasteiger partial charge in [-0.2, -0.15) is 13.2 Å². The first-order valence-corrected chi connectivity index (χ1v) is 5.38. The molecule has 1 atom stereocenters. The Kier molecular flexibility index (Phi) is 4.59. The minimum Gasteiger partial charge on any atom is -0.382 e. The summed E-state index contributed by atoms with van der Waals surface area (Å²) in [4.78, 5) is 11.5. The molecule has 0 aliphatic heterocycles. The lowest BCUT2D eigenvalue weighted by atomic mass is 10.1. The summed E-state index contributed by atoms with van der Waals surface area (Å²) in [6.07, 6.45) is -7.33. The second-order valence-electron chi connectivity index (χ2n) is 3.78. The molecule has 0 bridgehead atoms. The van der Waals surface area contributed by atoms with Gasteiger partial charge in [-0.3, -0.25) is 4.79 Å². The topological polar surface area (TPSA) is 49.3 Å². The standard InChI is InChI=1S/C11H11ClF3NO2/c1-6-2-7(4-8(12)3-6)10(18)16-5-9(17)11(13,14)15/h2-4,9,17H,5H2,1H3,(H,16,18). The van der Waals surface area contributed by atoms with Crippen molar-refractivity contribution in [1.29, 1.82) is 0 Å². The van der Waals surface area contributed by atoms with Gasteiger partial charge < -0.3 is 10.4 Å². The van der Waals surface area contributed by atoms with Crippen LogP contribution in [0.25, 0.3) is 0 Å². The predicted molar refractivity (Wildman–Crippen MR) is 60.6 cm³/mol. The molecule has 18 heavy (non-hydrogen) atoms. The molecule has 0 saturated carbocycles. The number of rotatable bonds is 3. The molecular weight excluding hydrogens is 271 g/mol. The Morgan fingerprint density at radius 2 is 2.06 bits per heavy atom. The van der Waals surface area contributed by atoms with Crippen molar-refractivity contribution in [2.75, 3.05) is 6.54 Å². The number of nitrogens with one attached hydrogen (secondary N) is 1. The van der Waals surface area contributed by atoms with E-state index >= 15 is 0 Å². The van der Waals surface area contributed by atoms with E-state index in [0.29, 0.717) is 10.6 Å². The van der Waals surface area contributed by atoms with Gasteiger partial charge in [0, 0.05) is 10.6 Å². The smallest absolute Gasteiger partial charge is 0.382 e. The van der Waals surface area contributed by atoms with Crippen LogP contribution in [-0.2, 0) is 0 Å². The molecule has 2 N–H and O–H groups in total. The summed E-state index contributed by atoms with van der Waals surface area (Å²) in [5.74, 6) is -0.719. The minimum atomic E-state index is -4.75. The SMILES string of the molecule is Cc1cc(Cl)cc(C(=O)NCC(O)C(F)(F)F)c1. The third kappa shape index (κ3) is 4.19. The van der Waals surface area contributed by atoms with Gasteiger partial charge in [-0.15, -0.1) is 0 Å². The monoisotopic (exact) mass is 281 g/mol. The molecular formula is C11H11ClF3NO2. The van der Waals surface area contributed by atoms with E-state index in [1.807, 2.05) is 5.32 Å². The minimum absolute atomic E-state index is 0.148. The maximum Gasteiger partial charge on any atom is 0.416 e. The van der Waals surface area contributed by atoms with Gasteiger partial charge in [-0.1, -0.05) is 11.6 Å². The zero-order valence-electron chi connectivity index (χ0n) is 9.38. The third-order valence-electron chi connectivity index (χ3n) is 2.14. The number of alkyl halides is 3. The van der Waals surface area contributed by atoms with E-state index in [-0.39, 0.29) is 5.56 Å². The lowest BCUT2D eigenvalue weighted by Gasteiger charge is -2.15. The molecule has 0 aromatic heterocycles. The van der Waals surface area contributed by atoms with Crippen molar-refractivity contribution < 1.29 is 23.1 Å². The Balaban J connectivity index is 2.66. The first-order chi connectivity index (χ1) is 8.20. The zero-order valence-corrected chi connectivity index (χ0v) is 10.1. The summed E-state index contributed by atoms with van der Waals surface area (Å²) in [5.41, 5.74) is 0.860. The molecule has 0 spiro atoms. The van der Waals surface area contributed by atoms with E-state index in [0.717, 1.165) is 0 Å². The van der Waals surface area contributed by atoms with Crippen molar-refractivity contribution in [3.05, 3.63) is 34.3 Å². The second-order valence-corrected chi connectivity index (χ2v) is 4.22. The summed E-state index contributed by atoms with van der Waals surface area (Å²) < 4.78 is 36.0. The van der Waals surface area contributed by atoms with Crippen molar-refractivity contribution >= 4 is 17.5 Å². The lowest BCUT2D eigenvalue weighted by Crippen LogP contribution is -2.40. The number of aliphatic hydroxyl groups excluding tert-OH is 1. The second kappa shape index (κ2) is 5.58. The van der Waals surface area contributed by atoms with Crippen LogP contribution < -0.4 is 5.32 Å². The van der Waals surface area contributed by atoms with Crippen molar-refractivity contribution in [2.45, 2.75) is 19.2 Å². The lowest BCUT2D eigenvalue weighted by molar-refractivity contribution is -0.201. The van der Waals surface area contributed by atoms with Crippen molar-refractivity contribution in [3.63, 3.8) is 0 Å². The van der Waals surface area contributed by atoms with Crippen LogP contribution in [0, 0.1) is 6.92 Å². The first-order valence-electron chi connectivity index (χ1n) is 5.00. The summed E-state index contributed by atoms with van der Waals surface area (Å²) >= 11 is 5.72. The average molecular weight is 282 g/mol. The Morgan fingerprint density at radius 1 is 1.44 bits per heavy atom. The molecule has 1 rings (SSSR count). The van der Waals surface area contributed by atoms with E-state index in [1.54, 1.807) is 13.0 Å². The largest absolute Gasteiger partial charge is 0.416 e. The maximum atomic E-state index is 12.0. The van der Waals surface area contributed by atoms with Crippen LogP contribution in [0.2, 0.25) is 5.02 Å². The Morgan fingerprint density at radius 3 is 2.56 bits per heavy atom. The molecule has 7 heteroatoms. The van der Waals surface area contributed by atoms with Crippen LogP contribution in [0.1, 0.15) is 15.9 Å². The number of aryl methyl sites for hydroxylation is 1. The fraction of sp³-hybridized carbons (Fsp3) is 0.364. The molecule has 1 unspecified atom stereocenters. The van der Waals surface area contributed by atoms with E-state index in [4.69, 9.17) is 16.7 Å². The zero-order chi connectivity index (χ0) is 13.9. The van der Waals surface area contributed by atoms with E-state index in [9.17, 15) is 18.0 Å². The maximum absolute atomic E-state index is 12.0. The Hall–Kier alpha value is -1.27. The fourth-order valence-electron chi connectivity index (χ4n) is 1.27. The van der Waals surface area contributed by atoms with Crippen LogP contribution in [0.5, 0.6) is 0 Å². The summed E-state index contributed by atoms with van der Waals surface area (Å²) in [7, 11) is 0. The Bertz CT molecular complexity index is 428. The molecule has 1 aromatic carbocycles. The number of benzene rings is 1. The van der Waals surface area contributed by atoms with Gasteiger partial charge in [0.25, 0.3) is 5.91 Å². The summed E-state index contributed by atoms with van der Waals surface area (Å²) in [6, 6.07) is 4.44. The molecule has 0 aliphatic rings. The van der Waals surface area contributed by atoms with Gasteiger partial charge >= 0.3 is 6.18 Å². The molecule has 0 saturated heterocycles. The number of amides is 1. The van der Waals surface area contributed by atoms with E-state index < -0.39 is 24.7 Å². The van der Waals surface area contributed by atoms with Crippen LogP contribution >= 0.6 is 11.6 Å². The van der Waals surface area contributed by atoms with E-state index in [1.165, 1.54) is 12.1 Å². The van der Waals surface area contributed by atoms with Crippen LogP contribution in [-0.4, -0.2) is 29.8 Å². The molecule has 1 amide bonds. The number of aliphatic hydroxyl groups is 1. The highest BCUT2D eigenvalue weighted by atomic mass is 35.5. The molecule has 100 valence electrons. The third-order valence-corrected chi connectivity index (χ3v) is 2.36. The van der Waals surface area contributed by atoms with Crippen molar-refractivity contribution in [1.82, 2.24) is 5.32 Å². The van der Waals surface area contributed by atoms with Crippen molar-refractivity contribution in [3.8, 4) is 0 Å². The molecule has 0 aliphatic carbocycles. The van der Waals surface area contributed by atoms with E-state index in [2.05, 4.69) is 0 Å². The van der Waals surface area contributed by atoms with Gasteiger partial charge in [0.15, 0.2) is 6.10 Å². The fourth-order valence-corrected chi connectivity index (χ4v) is 1.56. The van der Waals surface area contributed by atoms with Gasteiger partial charge in [0.2, 0.25) is 0 Å². The highest BCUT2D eigenvalue weighted by Gasteiger charge is 2.38. The average Bonchev–Trinajstić information content (AvgIpc) is 2.22. The highest BCUT2D eigenvalue weighted by molar-refractivity contribution is 6.31. The number of hydrogen-bond acceptors (Lipinski definition) is 2.